The predicted octanol–water partition coefficient (Wildman–Crippen LogP) is 2.93. The van der Waals surface area contributed by atoms with Gasteiger partial charge in [-0.15, -0.1) is 22.9 Å². The Morgan fingerprint density at radius 1 is 1.43 bits per heavy atom. The van der Waals surface area contributed by atoms with Gasteiger partial charge in [-0.05, 0) is 19.3 Å². The Balaban J connectivity index is 2.77. The summed E-state index contributed by atoms with van der Waals surface area (Å²) in [6, 6.07) is 0. The Bertz CT molecular complexity index is 488. The monoisotopic (exact) mass is 332 g/mol. The van der Waals surface area contributed by atoms with Crippen molar-refractivity contribution in [2.75, 3.05) is 13.7 Å². The van der Waals surface area contributed by atoms with Gasteiger partial charge in [0.2, 0.25) is 5.91 Å². The maximum atomic E-state index is 12.1. The second-order valence-corrected chi connectivity index (χ2v) is 6.77. The number of ether oxygens (including phenoxy) is 1. The number of methoxy groups -OCH3 is 1. The molecule has 1 aromatic heterocycles. The molecule has 1 aromatic rings. The standard InChI is InChI=1S/C14H21ClN2O3S/c1-9(2)5-6-17(13(18)10(3)15)7-12-16-11(8-21-12)14(19)20-4/h8-10H,5-7H2,1-4H3/t10-/m1/s1. The van der Waals surface area contributed by atoms with E-state index in [0.717, 1.165) is 6.42 Å². The molecule has 0 aliphatic heterocycles. The number of amides is 1. The van der Waals surface area contributed by atoms with E-state index in [2.05, 4.69) is 23.6 Å². The lowest BCUT2D eigenvalue weighted by Crippen LogP contribution is -2.36. The van der Waals surface area contributed by atoms with Crippen molar-refractivity contribution in [2.45, 2.75) is 39.1 Å². The smallest absolute Gasteiger partial charge is 0.357 e. The van der Waals surface area contributed by atoms with E-state index in [0.29, 0.717) is 24.0 Å². The highest BCUT2D eigenvalue weighted by Crippen LogP contribution is 2.16. The van der Waals surface area contributed by atoms with Crippen LogP contribution in [0.2, 0.25) is 0 Å². The quantitative estimate of drug-likeness (QED) is 0.569. The zero-order valence-electron chi connectivity index (χ0n) is 12.8. The number of hydrogen-bond donors (Lipinski definition) is 0. The molecule has 0 saturated heterocycles. The molecule has 0 radical (unpaired) electrons. The van der Waals surface area contributed by atoms with Crippen LogP contribution in [0, 0.1) is 5.92 Å². The van der Waals surface area contributed by atoms with Crippen LogP contribution < -0.4 is 0 Å². The summed E-state index contributed by atoms with van der Waals surface area (Å²) in [5.41, 5.74) is 0.271. The van der Waals surface area contributed by atoms with E-state index in [1.807, 2.05) is 0 Å². The van der Waals surface area contributed by atoms with E-state index < -0.39 is 11.3 Å². The summed E-state index contributed by atoms with van der Waals surface area (Å²) < 4.78 is 4.62. The highest BCUT2D eigenvalue weighted by atomic mass is 35.5. The third-order valence-electron chi connectivity index (χ3n) is 2.90. The number of rotatable bonds is 7. The second kappa shape index (κ2) is 8.34. The van der Waals surface area contributed by atoms with Gasteiger partial charge in [-0.2, -0.15) is 0 Å². The molecule has 0 bridgehead atoms. The van der Waals surface area contributed by atoms with Gasteiger partial charge in [0.15, 0.2) is 5.69 Å². The van der Waals surface area contributed by atoms with Crippen molar-refractivity contribution >= 4 is 34.8 Å². The molecule has 0 aromatic carbocycles. The number of nitrogens with zero attached hydrogens (tertiary/aromatic N) is 2. The van der Waals surface area contributed by atoms with E-state index >= 15 is 0 Å². The number of carbonyl (C=O) groups excluding carboxylic acids is 2. The van der Waals surface area contributed by atoms with Gasteiger partial charge in [0.25, 0.3) is 0 Å². The molecule has 0 N–H and O–H groups in total. The van der Waals surface area contributed by atoms with Crippen molar-refractivity contribution in [3.05, 3.63) is 16.1 Å². The number of thiazole rings is 1. The number of halogens is 1. The Labute approximate surface area is 134 Å². The fourth-order valence-corrected chi connectivity index (χ4v) is 2.59. The van der Waals surface area contributed by atoms with E-state index in [9.17, 15) is 9.59 Å². The average molecular weight is 333 g/mol. The van der Waals surface area contributed by atoms with Gasteiger partial charge < -0.3 is 9.64 Å². The number of alkyl halides is 1. The average Bonchev–Trinajstić information content (AvgIpc) is 2.89. The molecule has 1 heterocycles. The zero-order chi connectivity index (χ0) is 16.0. The van der Waals surface area contributed by atoms with Crippen LogP contribution in [0.4, 0.5) is 0 Å². The molecule has 0 aliphatic rings. The maximum absolute atomic E-state index is 12.1. The van der Waals surface area contributed by atoms with Crippen molar-refractivity contribution in [1.82, 2.24) is 9.88 Å². The SMILES string of the molecule is COC(=O)c1csc(CN(CCC(C)C)C(=O)[C@@H](C)Cl)n1. The highest BCUT2D eigenvalue weighted by Gasteiger charge is 2.21. The first-order valence-electron chi connectivity index (χ1n) is 6.80. The normalized spacial score (nSPS) is 12.3. The molecule has 0 spiro atoms. The minimum absolute atomic E-state index is 0.118. The minimum atomic E-state index is -0.572. The van der Waals surface area contributed by atoms with Gasteiger partial charge in [-0.25, -0.2) is 9.78 Å². The van der Waals surface area contributed by atoms with E-state index in [-0.39, 0.29) is 11.6 Å². The molecular formula is C14H21ClN2O3S. The van der Waals surface area contributed by atoms with Crippen LogP contribution in [0.3, 0.4) is 0 Å². The molecule has 1 amide bonds. The van der Waals surface area contributed by atoms with Crippen molar-refractivity contribution in [2.24, 2.45) is 5.92 Å². The zero-order valence-corrected chi connectivity index (χ0v) is 14.3. The first-order chi connectivity index (χ1) is 9.85. The Morgan fingerprint density at radius 2 is 2.10 bits per heavy atom. The maximum Gasteiger partial charge on any atom is 0.357 e. The number of hydrogen-bond acceptors (Lipinski definition) is 5. The number of esters is 1. The lowest BCUT2D eigenvalue weighted by molar-refractivity contribution is -0.131. The van der Waals surface area contributed by atoms with Crippen molar-refractivity contribution in [1.29, 1.82) is 0 Å². The predicted molar refractivity (Wildman–Crippen MR) is 83.6 cm³/mol. The van der Waals surface area contributed by atoms with Crippen LogP contribution in [0.5, 0.6) is 0 Å². The molecule has 0 saturated carbocycles. The van der Waals surface area contributed by atoms with Crippen LogP contribution in [-0.2, 0) is 16.1 Å². The topological polar surface area (TPSA) is 59.5 Å². The number of aromatic nitrogens is 1. The van der Waals surface area contributed by atoms with Gasteiger partial charge in [-0.3, -0.25) is 4.79 Å². The molecule has 0 unspecified atom stereocenters. The third kappa shape index (κ3) is 5.63. The molecule has 1 rings (SSSR count). The van der Waals surface area contributed by atoms with Gasteiger partial charge in [0, 0.05) is 11.9 Å². The summed E-state index contributed by atoms with van der Waals surface area (Å²) in [6.07, 6.45) is 0.893. The third-order valence-corrected chi connectivity index (χ3v) is 3.92. The summed E-state index contributed by atoms with van der Waals surface area (Å²) in [4.78, 5) is 29.4. The molecule has 21 heavy (non-hydrogen) atoms. The van der Waals surface area contributed by atoms with Gasteiger partial charge in [-0.1, -0.05) is 13.8 Å². The summed E-state index contributed by atoms with van der Waals surface area (Å²) in [6.45, 7) is 6.86. The second-order valence-electron chi connectivity index (χ2n) is 5.18. The molecular weight excluding hydrogens is 312 g/mol. The first-order valence-corrected chi connectivity index (χ1v) is 8.12. The van der Waals surface area contributed by atoms with Crippen molar-refractivity contribution in [3.8, 4) is 0 Å². The Kier molecular flexibility index (Phi) is 7.11. The van der Waals surface area contributed by atoms with E-state index in [1.54, 1.807) is 17.2 Å². The fourth-order valence-electron chi connectivity index (χ4n) is 1.68. The Hall–Kier alpha value is -1.14. The summed E-state index contributed by atoms with van der Waals surface area (Å²) in [5, 5.41) is 1.76. The number of carbonyl (C=O) groups is 2. The first kappa shape index (κ1) is 17.9. The van der Waals surface area contributed by atoms with Gasteiger partial charge in [0.05, 0.1) is 13.7 Å². The largest absolute Gasteiger partial charge is 0.464 e. The fraction of sp³-hybridized carbons (Fsp3) is 0.643. The summed E-state index contributed by atoms with van der Waals surface area (Å²) in [7, 11) is 1.31. The lowest BCUT2D eigenvalue weighted by Gasteiger charge is -2.23. The van der Waals surface area contributed by atoms with Gasteiger partial charge >= 0.3 is 5.97 Å². The highest BCUT2D eigenvalue weighted by molar-refractivity contribution is 7.09. The van der Waals surface area contributed by atoms with Crippen LogP contribution in [0.1, 0.15) is 42.7 Å². The van der Waals surface area contributed by atoms with Crippen LogP contribution >= 0.6 is 22.9 Å². The van der Waals surface area contributed by atoms with Crippen LogP contribution in [0.15, 0.2) is 5.38 Å². The summed E-state index contributed by atoms with van der Waals surface area (Å²) >= 11 is 7.24. The lowest BCUT2D eigenvalue weighted by atomic mass is 10.1. The summed E-state index contributed by atoms with van der Waals surface area (Å²) in [5.74, 6) is -0.0942. The van der Waals surface area contributed by atoms with Crippen molar-refractivity contribution in [3.63, 3.8) is 0 Å². The van der Waals surface area contributed by atoms with Gasteiger partial charge in [0.1, 0.15) is 10.4 Å². The molecule has 118 valence electrons. The molecule has 1 atom stereocenters. The van der Waals surface area contributed by atoms with Crippen LogP contribution in [-0.4, -0.2) is 40.8 Å². The molecule has 7 heteroatoms. The van der Waals surface area contributed by atoms with E-state index in [4.69, 9.17) is 11.6 Å². The molecule has 5 nitrogen and oxygen atoms in total. The molecule has 0 fully saturated rings. The Morgan fingerprint density at radius 3 is 2.62 bits per heavy atom. The van der Waals surface area contributed by atoms with Crippen LogP contribution in [0.25, 0.3) is 0 Å². The van der Waals surface area contributed by atoms with Crippen molar-refractivity contribution < 1.29 is 14.3 Å². The molecule has 0 aliphatic carbocycles. The minimum Gasteiger partial charge on any atom is -0.464 e. The van der Waals surface area contributed by atoms with E-state index in [1.165, 1.54) is 18.4 Å².